The highest BCUT2D eigenvalue weighted by atomic mass is 35.5. The average Bonchev–Trinajstić information content (AvgIpc) is 2.38. The molecule has 1 N–H and O–H groups in total. The van der Waals surface area contributed by atoms with Crippen molar-refractivity contribution in [2.24, 2.45) is 5.41 Å². The van der Waals surface area contributed by atoms with Crippen LogP contribution in [0.4, 0.5) is 0 Å². The van der Waals surface area contributed by atoms with Gasteiger partial charge in [0.15, 0.2) is 0 Å². The van der Waals surface area contributed by atoms with E-state index in [2.05, 4.69) is 31.3 Å². The second kappa shape index (κ2) is 6.05. The lowest BCUT2D eigenvalue weighted by Gasteiger charge is -2.42. The first-order chi connectivity index (χ1) is 8.67. The first-order valence-corrected chi connectivity index (χ1v) is 7.08. The standard InChI is InChI=1S/C15H22ClNO/c1-3-18-11-15(2)8-9-17-10-13(15)12-6-4-5-7-14(12)16/h4-7,13,17H,3,8-11H2,1-2H3. The monoisotopic (exact) mass is 267 g/mol. The van der Waals surface area contributed by atoms with Gasteiger partial charge < -0.3 is 10.1 Å². The molecule has 0 spiro atoms. The fourth-order valence-electron chi connectivity index (χ4n) is 2.79. The topological polar surface area (TPSA) is 21.3 Å². The molecule has 3 heteroatoms. The zero-order valence-electron chi connectivity index (χ0n) is 11.2. The molecule has 1 aliphatic rings. The van der Waals surface area contributed by atoms with Crippen LogP contribution in [-0.2, 0) is 4.74 Å². The maximum absolute atomic E-state index is 6.35. The van der Waals surface area contributed by atoms with Crippen molar-refractivity contribution in [1.82, 2.24) is 5.32 Å². The van der Waals surface area contributed by atoms with Crippen molar-refractivity contribution in [2.75, 3.05) is 26.3 Å². The maximum atomic E-state index is 6.35. The van der Waals surface area contributed by atoms with E-state index in [0.29, 0.717) is 5.92 Å². The molecule has 18 heavy (non-hydrogen) atoms. The Morgan fingerprint density at radius 2 is 2.22 bits per heavy atom. The zero-order chi connectivity index (χ0) is 13.0. The van der Waals surface area contributed by atoms with Gasteiger partial charge in [-0.05, 0) is 31.5 Å². The van der Waals surface area contributed by atoms with Crippen molar-refractivity contribution >= 4 is 11.6 Å². The fraction of sp³-hybridized carbons (Fsp3) is 0.600. The number of halogens is 1. The highest BCUT2D eigenvalue weighted by molar-refractivity contribution is 6.31. The Morgan fingerprint density at radius 3 is 2.94 bits per heavy atom. The van der Waals surface area contributed by atoms with Crippen LogP contribution in [0.3, 0.4) is 0 Å². The van der Waals surface area contributed by atoms with Crippen LogP contribution in [0.15, 0.2) is 24.3 Å². The summed E-state index contributed by atoms with van der Waals surface area (Å²) in [5.74, 6) is 0.423. The largest absolute Gasteiger partial charge is 0.381 e. The molecule has 2 rings (SSSR count). The summed E-state index contributed by atoms with van der Waals surface area (Å²) < 4.78 is 5.70. The van der Waals surface area contributed by atoms with E-state index in [-0.39, 0.29) is 5.41 Å². The molecular weight excluding hydrogens is 246 g/mol. The summed E-state index contributed by atoms with van der Waals surface area (Å²) in [6, 6.07) is 8.18. The van der Waals surface area contributed by atoms with E-state index in [1.54, 1.807) is 0 Å². The van der Waals surface area contributed by atoms with Gasteiger partial charge in [-0.3, -0.25) is 0 Å². The molecule has 0 radical (unpaired) electrons. The number of piperidine rings is 1. The van der Waals surface area contributed by atoms with Gasteiger partial charge in [0.2, 0.25) is 0 Å². The molecule has 2 unspecified atom stereocenters. The summed E-state index contributed by atoms with van der Waals surface area (Å²) in [6.45, 7) is 7.99. The van der Waals surface area contributed by atoms with Crippen molar-refractivity contribution in [3.05, 3.63) is 34.9 Å². The molecule has 1 saturated heterocycles. The van der Waals surface area contributed by atoms with Crippen LogP contribution >= 0.6 is 11.6 Å². The lowest BCUT2D eigenvalue weighted by molar-refractivity contribution is 0.0279. The predicted molar refractivity (Wildman–Crippen MR) is 76.3 cm³/mol. The predicted octanol–water partition coefficient (Wildman–Crippen LogP) is 3.46. The molecule has 0 aliphatic carbocycles. The summed E-state index contributed by atoms with van der Waals surface area (Å²) in [5, 5.41) is 4.35. The van der Waals surface area contributed by atoms with Gasteiger partial charge in [0.05, 0.1) is 6.61 Å². The Bertz CT molecular complexity index is 396. The summed E-state index contributed by atoms with van der Waals surface area (Å²) in [5.41, 5.74) is 1.42. The molecule has 100 valence electrons. The van der Waals surface area contributed by atoms with E-state index < -0.39 is 0 Å². The summed E-state index contributed by atoms with van der Waals surface area (Å²) in [4.78, 5) is 0. The minimum Gasteiger partial charge on any atom is -0.381 e. The van der Waals surface area contributed by atoms with Crippen molar-refractivity contribution in [2.45, 2.75) is 26.2 Å². The summed E-state index contributed by atoms with van der Waals surface area (Å²) >= 11 is 6.35. The van der Waals surface area contributed by atoms with Crippen LogP contribution in [0.2, 0.25) is 5.02 Å². The normalized spacial score (nSPS) is 28.3. The minimum absolute atomic E-state index is 0.173. The first kappa shape index (κ1) is 13.9. The number of hydrogen-bond acceptors (Lipinski definition) is 2. The summed E-state index contributed by atoms with van der Waals surface area (Å²) in [6.07, 6.45) is 1.13. The van der Waals surface area contributed by atoms with Gasteiger partial charge in [0.1, 0.15) is 0 Å². The molecule has 2 nitrogen and oxygen atoms in total. The Balaban J connectivity index is 2.25. The van der Waals surface area contributed by atoms with E-state index in [1.807, 2.05) is 12.1 Å². The molecule has 1 aromatic carbocycles. The number of hydrogen-bond donors (Lipinski definition) is 1. The minimum atomic E-state index is 0.173. The average molecular weight is 268 g/mol. The second-order valence-electron chi connectivity index (χ2n) is 5.32. The fourth-order valence-corrected chi connectivity index (χ4v) is 3.06. The van der Waals surface area contributed by atoms with Crippen molar-refractivity contribution in [3.8, 4) is 0 Å². The van der Waals surface area contributed by atoms with Crippen LogP contribution in [0.5, 0.6) is 0 Å². The van der Waals surface area contributed by atoms with Gasteiger partial charge in [0, 0.05) is 29.5 Å². The summed E-state index contributed by atoms with van der Waals surface area (Å²) in [7, 11) is 0. The lowest BCUT2D eigenvalue weighted by Crippen LogP contribution is -2.44. The quantitative estimate of drug-likeness (QED) is 0.902. The third-order valence-electron chi connectivity index (χ3n) is 3.98. The van der Waals surface area contributed by atoms with Gasteiger partial charge >= 0.3 is 0 Å². The van der Waals surface area contributed by atoms with Gasteiger partial charge in [-0.25, -0.2) is 0 Å². The van der Waals surface area contributed by atoms with E-state index in [4.69, 9.17) is 16.3 Å². The van der Waals surface area contributed by atoms with Crippen molar-refractivity contribution < 1.29 is 4.74 Å². The highest BCUT2D eigenvalue weighted by Crippen LogP contribution is 2.42. The smallest absolute Gasteiger partial charge is 0.0526 e. The molecule has 1 heterocycles. The molecule has 1 aromatic rings. The van der Waals surface area contributed by atoms with E-state index >= 15 is 0 Å². The van der Waals surface area contributed by atoms with E-state index in [9.17, 15) is 0 Å². The van der Waals surface area contributed by atoms with Crippen LogP contribution < -0.4 is 5.32 Å². The molecule has 1 fully saturated rings. The Labute approximate surface area is 115 Å². The van der Waals surface area contributed by atoms with Gasteiger partial charge in [-0.2, -0.15) is 0 Å². The van der Waals surface area contributed by atoms with Crippen LogP contribution in [0.25, 0.3) is 0 Å². The number of rotatable bonds is 4. The maximum Gasteiger partial charge on any atom is 0.0526 e. The molecule has 0 aromatic heterocycles. The highest BCUT2D eigenvalue weighted by Gasteiger charge is 2.38. The third-order valence-corrected chi connectivity index (χ3v) is 4.32. The molecule has 0 bridgehead atoms. The Morgan fingerprint density at radius 1 is 1.44 bits per heavy atom. The van der Waals surface area contributed by atoms with Crippen LogP contribution in [-0.4, -0.2) is 26.3 Å². The SMILES string of the molecule is CCOCC1(C)CCNCC1c1ccccc1Cl. The van der Waals surface area contributed by atoms with Gasteiger partial charge in [-0.15, -0.1) is 0 Å². The second-order valence-corrected chi connectivity index (χ2v) is 5.73. The molecule has 0 saturated carbocycles. The third kappa shape index (κ3) is 2.87. The van der Waals surface area contributed by atoms with Crippen LogP contribution in [0, 0.1) is 5.41 Å². The lowest BCUT2D eigenvalue weighted by atomic mass is 9.70. The Hall–Kier alpha value is -0.570. The molecular formula is C15H22ClNO. The molecule has 2 atom stereocenters. The zero-order valence-corrected chi connectivity index (χ0v) is 12.0. The Kier molecular flexibility index (Phi) is 4.66. The number of ether oxygens (including phenoxy) is 1. The van der Waals surface area contributed by atoms with E-state index in [0.717, 1.165) is 37.7 Å². The molecule has 1 aliphatic heterocycles. The number of nitrogens with one attached hydrogen (secondary N) is 1. The van der Waals surface area contributed by atoms with E-state index in [1.165, 1.54) is 5.56 Å². The van der Waals surface area contributed by atoms with Gasteiger partial charge in [0.25, 0.3) is 0 Å². The molecule has 0 amide bonds. The number of benzene rings is 1. The van der Waals surface area contributed by atoms with Crippen LogP contribution in [0.1, 0.15) is 31.7 Å². The van der Waals surface area contributed by atoms with Crippen molar-refractivity contribution in [1.29, 1.82) is 0 Å². The van der Waals surface area contributed by atoms with Crippen molar-refractivity contribution in [3.63, 3.8) is 0 Å². The van der Waals surface area contributed by atoms with Gasteiger partial charge in [-0.1, -0.05) is 36.7 Å². The first-order valence-electron chi connectivity index (χ1n) is 6.70.